The highest BCUT2D eigenvalue weighted by Gasteiger charge is 2.29. The maximum atomic E-state index is 13.6. The molecule has 0 aliphatic rings. The predicted molar refractivity (Wildman–Crippen MR) is 67.7 cm³/mol. The largest absolute Gasteiger partial charge is 0.480 e. The summed E-state index contributed by atoms with van der Waals surface area (Å²) in [6, 6.07) is -0.462. The molecule has 0 bridgehead atoms. The number of nitrogens with one attached hydrogen (secondary N) is 1. The number of rotatable bonds is 6. The summed E-state index contributed by atoms with van der Waals surface area (Å²) in [6.45, 7) is -0.449. The highest BCUT2D eigenvalue weighted by molar-refractivity contribution is 9.10. The van der Waals surface area contributed by atoms with Crippen LogP contribution in [0.25, 0.3) is 0 Å². The van der Waals surface area contributed by atoms with Gasteiger partial charge >= 0.3 is 5.97 Å². The third kappa shape index (κ3) is 3.95. The second-order valence-electron chi connectivity index (χ2n) is 3.67. The number of carbonyl (C=O) groups is 1. The number of carboxylic acids is 1. The van der Waals surface area contributed by atoms with E-state index in [2.05, 4.69) is 20.7 Å². The van der Waals surface area contributed by atoms with Gasteiger partial charge in [0.1, 0.15) is 22.6 Å². The standard InChI is InChI=1S/C10H10BrF2NO5S/c1-19-4-8(10(15)16)14-20(17,18)9-6(11)2-5(12)3-7(9)13/h2-3,8,14H,4H2,1H3,(H,15,16). The van der Waals surface area contributed by atoms with Gasteiger partial charge in [0.25, 0.3) is 0 Å². The van der Waals surface area contributed by atoms with Crippen LogP contribution < -0.4 is 4.72 Å². The van der Waals surface area contributed by atoms with Gasteiger partial charge in [-0.15, -0.1) is 0 Å². The van der Waals surface area contributed by atoms with E-state index >= 15 is 0 Å². The molecule has 0 aromatic heterocycles. The highest BCUT2D eigenvalue weighted by atomic mass is 79.9. The van der Waals surface area contributed by atoms with Crippen molar-refractivity contribution in [1.82, 2.24) is 4.72 Å². The van der Waals surface area contributed by atoms with E-state index in [1.165, 1.54) is 7.11 Å². The van der Waals surface area contributed by atoms with E-state index < -0.39 is 45.2 Å². The predicted octanol–water partition coefficient (Wildman–Crippen LogP) is 1.11. The summed E-state index contributed by atoms with van der Waals surface area (Å²) in [7, 11) is -3.32. The Morgan fingerprint density at radius 2 is 2.10 bits per heavy atom. The second-order valence-corrected chi connectivity index (χ2v) is 6.17. The Morgan fingerprint density at radius 1 is 1.50 bits per heavy atom. The molecule has 0 fully saturated rings. The summed E-state index contributed by atoms with van der Waals surface area (Å²) in [5.74, 6) is -3.81. The van der Waals surface area contributed by atoms with Crippen LogP contribution in [-0.4, -0.2) is 39.3 Å². The smallest absolute Gasteiger partial charge is 0.324 e. The Bertz CT molecular complexity index is 599. The van der Waals surface area contributed by atoms with E-state index in [4.69, 9.17) is 5.11 Å². The van der Waals surface area contributed by atoms with E-state index in [1.807, 2.05) is 0 Å². The number of carboxylic acid groups (broad SMARTS) is 1. The quantitative estimate of drug-likeness (QED) is 0.778. The molecule has 0 saturated carbocycles. The van der Waals surface area contributed by atoms with Crippen molar-refractivity contribution >= 4 is 31.9 Å². The molecule has 112 valence electrons. The first-order valence-electron chi connectivity index (χ1n) is 5.07. The molecule has 0 spiro atoms. The number of benzene rings is 1. The molecule has 2 N–H and O–H groups in total. The van der Waals surface area contributed by atoms with Crippen molar-refractivity contribution < 1.29 is 31.8 Å². The summed E-state index contributed by atoms with van der Waals surface area (Å²) in [5, 5.41) is 8.82. The molecule has 0 heterocycles. The summed E-state index contributed by atoms with van der Waals surface area (Å²) in [4.78, 5) is 9.98. The van der Waals surface area contributed by atoms with Crippen LogP contribution in [0, 0.1) is 11.6 Å². The van der Waals surface area contributed by atoms with E-state index in [0.29, 0.717) is 6.07 Å². The Labute approximate surface area is 121 Å². The number of hydrogen-bond acceptors (Lipinski definition) is 4. The van der Waals surface area contributed by atoms with Gasteiger partial charge in [-0.05, 0) is 22.0 Å². The molecule has 0 aliphatic carbocycles. The van der Waals surface area contributed by atoms with Crippen LogP contribution in [0.2, 0.25) is 0 Å². The number of aliphatic carboxylic acids is 1. The molecule has 1 atom stereocenters. The normalized spacial score (nSPS) is 13.2. The zero-order valence-electron chi connectivity index (χ0n) is 10.1. The maximum absolute atomic E-state index is 13.6. The highest BCUT2D eigenvalue weighted by Crippen LogP contribution is 2.26. The van der Waals surface area contributed by atoms with Crippen LogP contribution >= 0.6 is 15.9 Å². The topological polar surface area (TPSA) is 92.7 Å². The van der Waals surface area contributed by atoms with Crippen molar-refractivity contribution in [2.75, 3.05) is 13.7 Å². The van der Waals surface area contributed by atoms with Crippen molar-refractivity contribution in [3.63, 3.8) is 0 Å². The van der Waals surface area contributed by atoms with E-state index in [-0.39, 0.29) is 4.47 Å². The lowest BCUT2D eigenvalue weighted by atomic mass is 10.3. The number of halogens is 3. The van der Waals surface area contributed by atoms with Gasteiger partial charge in [0, 0.05) is 17.6 Å². The van der Waals surface area contributed by atoms with Crippen LogP contribution in [0.15, 0.2) is 21.5 Å². The van der Waals surface area contributed by atoms with Crippen molar-refractivity contribution in [1.29, 1.82) is 0 Å². The third-order valence-corrected chi connectivity index (χ3v) is 4.60. The third-order valence-electron chi connectivity index (χ3n) is 2.16. The molecular formula is C10H10BrF2NO5S. The Kier molecular flexibility index (Phi) is 5.57. The fourth-order valence-electron chi connectivity index (χ4n) is 1.35. The molecule has 0 aliphatic heterocycles. The van der Waals surface area contributed by atoms with Crippen LogP contribution in [0.3, 0.4) is 0 Å². The average Bonchev–Trinajstić information content (AvgIpc) is 2.25. The maximum Gasteiger partial charge on any atom is 0.324 e. The van der Waals surface area contributed by atoms with E-state index in [0.717, 1.165) is 6.07 Å². The molecule has 6 nitrogen and oxygen atoms in total. The Hall–Kier alpha value is -1.10. The molecule has 20 heavy (non-hydrogen) atoms. The SMILES string of the molecule is COCC(NS(=O)(=O)c1c(F)cc(F)cc1Br)C(=O)O. The van der Waals surface area contributed by atoms with Gasteiger partial charge in [0.15, 0.2) is 0 Å². The first-order valence-corrected chi connectivity index (χ1v) is 7.35. The minimum absolute atomic E-state index is 0.357. The lowest BCUT2D eigenvalue weighted by Gasteiger charge is -2.15. The van der Waals surface area contributed by atoms with Gasteiger partial charge in [-0.3, -0.25) is 4.79 Å². The Morgan fingerprint density at radius 3 is 2.55 bits per heavy atom. The second kappa shape index (κ2) is 6.57. The van der Waals surface area contributed by atoms with E-state index in [9.17, 15) is 22.0 Å². The minimum Gasteiger partial charge on any atom is -0.480 e. The number of ether oxygens (including phenoxy) is 1. The van der Waals surface area contributed by atoms with Crippen molar-refractivity contribution in [3.05, 3.63) is 28.2 Å². The fourth-order valence-corrected chi connectivity index (χ4v) is 3.69. The van der Waals surface area contributed by atoms with Crippen LogP contribution in [0.1, 0.15) is 0 Å². The van der Waals surface area contributed by atoms with Gasteiger partial charge in [0.05, 0.1) is 6.61 Å². The van der Waals surface area contributed by atoms with Crippen molar-refractivity contribution in [2.45, 2.75) is 10.9 Å². The Balaban J connectivity index is 3.20. The first kappa shape index (κ1) is 17.0. The summed E-state index contributed by atoms with van der Waals surface area (Å²) in [6.07, 6.45) is 0. The zero-order valence-corrected chi connectivity index (χ0v) is 12.5. The number of hydrogen-bond donors (Lipinski definition) is 2. The summed E-state index contributed by atoms with van der Waals surface area (Å²) in [5.41, 5.74) is 0. The number of methoxy groups -OCH3 is 1. The molecule has 1 aromatic carbocycles. The average molecular weight is 374 g/mol. The van der Waals surface area contributed by atoms with Gasteiger partial charge in [0.2, 0.25) is 10.0 Å². The summed E-state index contributed by atoms with van der Waals surface area (Å²) >= 11 is 2.72. The van der Waals surface area contributed by atoms with Gasteiger partial charge in [-0.25, -0.2) is 17.2 Å². The molecule has 1 aromatic rings. The molecule has 1 rings (SSSR count). The van der Waals surface area contributed by atoms with Gasteiger partial charge in [-0.1, -0.05) is 0 Å². The number of sulfonamides is 1. The molecule has 1 unspecified atom stereocenters. The monoisotopic (exact) mass is 373 g/mol. The van der Waals surface area contributed by atoms with Crippen LogP contribution in [-0.2, 0) is 19.6 Å². The zero-order chi connectivity index (χ0) is 15.5. The van der Waals surface area contributed by atoms with Gasteiger partial charge in [-0.2, -0.15) is 4.72 Å². The molecule has 0 radical (unpaired) electrons. The molecular weight excluding hydrogens is 364 g/mol. The van der Waals surface area contributed by atoms with Gasteiger partial charge < -0.3 is 9.84 Å². The van der Waals surface area contributed by atoms with E-state index in [1.54, 1.807) is 4.72 Å². The van der Waals surface area contributed by atoms with Crippen LogP contribution in [0.5, 0.6) is 0 Å². The minimum atomic E-state index is -4.50. The lowest BCUT2D eigenvalue weighted by molar-refractivity contribution is -0.140. The molecule has 0 saturated heterocycles. The van der Waals surface area contributed by atoms with Crippen LogP contribution in [0.4, 0.5) is 8.78 Å². The van der Waals surface area contributed by atoms with Crippen molar-refractivity contribution in [3.8, 4) is 0 Å². The molecule has 10 heteroatoms. The lowest BCUT2D eigenvalue weighted by Crippen LogP contribution is -2.44. The fraction of sp³-hybridized carbons (Fsp3) is 0.300. The summed E-state index contributed by atoms with van der Waals surface area (Å²) < 4.78 is 56.4. The first-order chi connectivity index (χ1) is 9.19. The van der Waals surface area contributed by atoms with Crippen molar-refractivity contribution in [2.24, 2.45) is 0 Å². The molecule has 0 amide bonds.